The molecule has 3 rings (SSSR count). The molecule has 1 aliphatic rings. The Morgan fingerprint density at radius 2 is 1.73 bits per heavy atom. The molecule has 0 aromatic heterocycles. The number of hydrogen-bond donors (Lipinski definition) is 1. The summed E-state index contributed by atoms with van der Waals surface area (Å²) in [4.78, 5) is 50.4. The van der Waals surface area contributed by atoms with Gasteiger partial charge in [-0.15, -0.1) is 0 Å². The summed E-state index contributed by atoms with van der Waals surface area (Å²) in [5.74, 6) is -1.97. The number of urea groups is 1. The van der Waals surface area contributed by atoms with Crippen LogP contribution in [0.25, 0.3) is 6.08 Å². The van der Waals surface area contributed by atoms with Gasteiger partial charge in [0.25, 0.3) is 11.8 Å². The highest BCUT2D eigenvalue weighted by atomic mass is 79.9. The molecule has 154 valence electrons. The summed E-state index contributed by atoms with van der Waals surface area (Å²) in [6.45, 7) is 1.65. The van der Waals surface area contributed by atoms with Crippen molar-refractivity contribution in [1.29, 1.82) is 0 Å². The molecule has 1 saturated heterocycles. The maximum Gasteiger partial charge on any atom is 0.335 e. The Morgan fingerprint density at radius 1 is 1.07 bits per heavy atom. The van der Waals surface area contributed by atoms with Gasteiger partial charge in [0.1, 0.15) is 5.57 Å². The normalized spacial score (nSPS) is 15.4. The topological polar surface area (TPSA) is 92.8 Å². The van der Waals surface area contributed by atoms with Crippen molar-refractivity contribution in [2.45, 2.75) is 13.3 Å². The van der Waals surface area contributed by atoms with E-state index in [4.69, 9.17) is 4.74 Å². The highest BCUT2D eigenvalue weighted by Gasteiger charge is 2.37. The van der Waals surface area contributed by atoms with E-state index in [1.165, 1.54) is 6.08 Å². The highest BCUT2D eigenvalue weighted by Crippen LogP contribution is 2.35. The van der Waals surface area contributed by atoms with E-state index in [1.807, 2.05) is 0 Å². The molecule has 1 aliphatic heterocycles. The number of nitrogens with one attached hydrogen (secondary N) is 1. The molecule has 1 heterocycles. The van der Waals surface area contributed by atoms with E-state index in [2.05, 4.69) is 53.1 Å². The van der Waals surface area contributed by atoms with Crippen molar-refractivity contribution in [2.75, 3.05) is 4.90 Å². The molecular weight excluding hydrogens is 588 g/mol. The number of imide groups is 2. The molecule has 2 aromatic carbocycles. The minimum atomic E-state index is -0.850. The van der Waals surface area contributed by atoms with Crippen LogP contribution in [0.1, 0.15) is 18.9 Å². The minimum Gasteiger partial charge on any atom is -0.425 e. The first-order valence-electron chi connectivity index (χ1n) is 8.58. The molecule has 0 radical (unpaired) electrons. The third-order valence-electron chi connectivity index (χ3n) is 4.03. The van der Waals surface area contributed by atoms with Crippen LogP contribution < -0.4 is 15.0 Å². The van der Waals surface area contributed by atoms with Crippen LogP contribution in [-0.2, 0) is 14.4 Å². The number of carbonyl (C=O) groups is 4. The number of rotatable bonds is 4. The molecule has 1 fully saturated rings. The molecule has 4 amide bonds. The highest BCUT2D eigenvalue weighted by molar-refractivity contribution is 9.11. The number of ether oxygens (including phenoxy) is 1. The van der Waals surface area contributed by atoms with E-state index in [9.17, 15) is 19.2 Å². The Labute approximate surface area is 196 Å². The fraction of sp³-hybridized carbons (Fsp3) is 0.100. The zero-order valence-electron chi connectivity index (χ0n) is 15.4. The van der Waals surface area contributed by atoms with Gasteiger partial charge in [-0.05, 0) is 58.4 Å². The molecule has 0 unspecified atom stereocenters. The van der Waals surface area contributed by atoms with Crippen molar-refractivity contribution in [3.8, 4) is 5.75 Å². The lowest BCUT2D eigenvalue weighted by Crippen LogP contribution is -2.54. The van der Waals surface area contributed by atoms with E-state index in [0.717, 1.165) is 9.37 Å². The lowest BCUT2D eigenvalue weighted by atomic mass is 10.1. The molecule has 0 spiro atoms. The van der Waals surface area contributed by atoms with Crippen LogP contribution in [0.2, 0.25) is 0 Å². The quantitative estimate of drug-likeness (QED) is 0.232. The van der Waals surface area contributed by atoms with Gasteiger partial charge < -0.3 is 4.74 Å². The molecular formula is C20H13Br3N2O5. The van der Waals surface area contributed by atoms with Crippen LogP contribution >= 0.6 is 47.8 Å². The Hall–Kier alpha value is -2.30. The van der Waals surface area contributed by atoms with Crippen LogP contribution in [0.3, 0.4) is 0 Å². The van der Waals surface area contributed by atoms with Gasteiger partial charge in [0.2, 0.25) is 0 Å². The van der Waals surface area contributed by atoms with Crippen molar-refractivity contribution in [3.05, 3.63) is 61.0 Å². The lowest BCUT2D eigenvalue weighted by molar-refractivity contribution is -0.134. The number of benzene rings is 2. The summed E-state index contributed by atoms with van der Waals surface area (Å²) < 4.78 is 7.21. The second kappa shape index (κ2) is 9.23. The van der Waals surface area contributed by atoms with Crippen molar-refractivity contribution in [2.24, 2.45) is 0 Å². The smallest absolute Gasteiger partial charge is 0.335 e. The van der Waals surface area contributed by atoms with Crippen LogP contribution in [0, 0.1) is 0 Å². The van der Waals surface area contributed by atoms with E-state index < -0.39 is 23.8 Å². The summed E-state index contributed by atoms with van der Waals surface area (Å²) >= 11 is 9.95. The molecule has 0 bridgehead atoms. The van der Waals surface area contributed by atoms with Gasteiger partial charge in [-0.2, -0.15) is 0 Å². The fourth-order valence-corrected chi connectivity index (χ4v) is 4.22. The summed E-state index contributed by atoms with van der Waals surface area (Å²) in [6, 6.07) is 8.89. The minimum absolute atomic E-state index is 0.143. The van der Waals surface area contributed by atoms with Gasteiger partial charge in [-0.1, -0.05) is 38.8 Å². The molecule has 2 aromatic rings. The van der Waals surface area contributed by atoms with Crippen molar-refractivity contribution in [3.63, 3.8) is 0 Å². The number of barbiturate groups is 1. The second-order valence-electron chi connectivity index (χ2n) is 6.07. The maximum absolute atomic E-state index is 13.0. The third-order valence-corrected chi connectivity index (χ3v) is 5.60. The molecule has 0 saturated carbocycles. The number of nitrogens with zero attached hydrogens (tertiary/aromatic N) is 1. The Bertz CT molecular complexity index is 1100. The van der Waals surface area contributed by atoms with Crippen LogP contribution in [0.5, 0.6) is 5.75 Å². The average Bonchev–Trinajstić information content (AvgIpc) is 2.68. The molecule has 10 heteroatoms. The van der Waals surface area contributed by atoms with Crippen LogP contribution in [0.4, 0.5) is 10.5 Å². The molecule has 0 aliphatic carbocycles. The zero-order chi connectivity index (χ0) is 22.0. The number of esters is 1. The number of hydrogen-bond acceptors (Lipinski definition) is 5. The Morgan fingerprint density at radius 3 is 2.37 bits per heavy atom. The van der Waals surface area contributed by atoms with Gasteiger partial charge >= 0.3 is 12.0 Å². The lowest BCUT2D eigenvalue weighted by Gasteiger charge is -2.26. The molecule has 0 atom stereocenters. The Kier molecular flexibility index (Phi) is 6.89. The van der Waals surface area contributed by atoms with E-state index in [0.29, 0.717) is 20.2 Å². The molecule has 1 N–H and O–H groups in total. The number of anilines is 1. The Balaban J connectivity index is 2.08. The fourth-order valence-electron chi connectivity index (χ4n) is 2.62. The standard InChI is InChI=1S/C20H13Br3N2O5/c1-2-16(26)30-17-10(7-12(22)9-15(17)23)8-14-18(27)24-20(29)25(19(14)28)13-5-3-11(21)4-6-13/h3-9H,2H2,1H3,(H,24,27,29)/b14-8-. The number of amides is 4. The number of halogens is 3. The van der Waals surface area contributed by atoms with E-state index in [1.54, 1.807) is 43.3 Å². The summed E-state index contributed by atoms with van der Waals surface area (Å²) in [6.07, 6.45) is 1.42. The van der Waals surface area contributed by atoms with Gasteiger partial charge in [0, 0.05) is 20.9 Å². The van der Waals surface area contributed by atoms with Crippen molar-refractivity contribution in [1.82, 2.24) is 5.32 Å². The van der Waals surface area contributed by atoms with Crippen LogP contribution in [-0.4, -0.2) is 23.8 Å². The van der Waals surface area contributed by atoms with Gasteiger partial charge in [0.05, 0.1) is 10.2 Å². The summed E-state index contributed by atoms with van der Waals surface area (Å²) in [5.41, 5.74) is 0.324. The van der Waals surface area contributed by atoms with Crippen molar-refractivity contribution >= 4 is 83.4 Å². The third kappa shape index (κ3) is 4.71. The molecule has 7 nitrogen and oxygen atoms in total. The second-order valence-corrected chi connectivity index (χ2v) is 8.75. The predicted molar refractivity (Wildman–Crippen MR) is 121 cm³/mol. The van der Waals surface area contributed by atoms with Gasteiger partial charge in [-0.3, -0.25) is 19.7 Å². The van der Waals surface area contributed by atoms with Gasteiger partial charge in [0.15, 0.2) is 5.75 Å². The monoisotopic (exact) mass is 598 g/mol. The van der Waals surface area contributed by atoms with Gasteiger partial charge in [-0.25, -0.2) is 9.69 Å². The SMILES string of the molecule is CCC(=O)Oc1c(Br)cc(Br)cc1/C=C1/C(=O)NC(=O)N(c2ccc(Br)cc2)C1=O. The zero-order valence-corrected chi connectivity index (χ0v) is 20.1. The maximum atomic E-state index is 13.0. The van der Waals surface area contributed by atoms with E-state index in [-0.39, 0.29) is 17.7 Å². The first-order valence-corrected chi connectivity index (χ1v) is 11.0. The summed E-state index contributed by atoms with van der Waals surface area (Å²) in [5, 5.41) is 2.16. The average molecular weight is 601 g/mol. The summed E-state index contributed by atoms with van der Waals surface area (Å²) in [7, 11) is 0. The molecule has 30 heavy (non-hydrogen) atoms. The first kappa shape index (κ1) is 22.4. The predicted octanol–water partition coefficient (Wildman–Crippen LogP) is 4.96. The van der Waals surface area contributed by atoms with Crippen LogP contribution in [0.15, 0.2) is 55.4 Å². The van der Waals surface area contributed by atoms with Crippen molar-refractivity contribution < 1.29 is 23.9 Å². The largest absolute Gasteiger partial charge is 0.425 e. The van der Waals surface area contributed by atoms with E-state index >= 15 is 0 Å². The first-order chi connectivity index (χ1) is 14.2. The number of carbonyl (C=O) groups excluding carboxylic acids is 4.